The van der Waals surface area contributed by atoms with Gasteiger partial charge in [-0.3, -0.25) is 0 Å². The van der Waals surface area contributed by atoms with Crippen molar-refractivity contribution >= 4 is 17.6 Å². The third-order valence-corrected chi connectivity index (χ3v) is 2.44. The molecule has 0 amide bonds. The molecule has 0 fully saturated rings. The SMILES string of the molecule is CN(C)CCOC(=O)c1ccccc1CCl. The molecule has 0 aromatic heterocycles. The predicted molar refractivity (Wildman–Crippen MR) is 64.8 cm³/mol. The minimum absolute atomic E-state index is 0.307. The van der Waals surface area contributed by atoms with Crippen LogP contribution in [0.1, 0.15) is 15.9 Å². The van der Waals surface area contributed by atoms with Crippen LogP contribution in [0.2, 0.25) is 0 Å². The van der Waals surface area contributed by atoms with E-state index in [0.717, 1.165) is 12.1 Å². The van der Waals surface area contributed by atoms with E-state index in [1.165, 1.54) is 0 Å². The van der Waals surface area contributed by atoms with Crippen LogP contribution < -0.4 is 0 Å². The quantitative estimate of drug-likeness (QED) is 0.584. The molecule has 0 aliphatic heterocycles. The Hall–Kier alpha value is -1.06. The van der Waals surface area contributed by atoms with E-state index in [1.807, 2.05) is 31.1 Å². The van der Waals surface area contributed by atoms with Crippen molar-refractivity contribution in [3.63, 3.8) is 0 Å². The molecule has 0 unspecified atom stereocenters. The van der Waals surface area contributed by atoms with Gasteiger partial charge in [-0.15, -0.1) is 11.6 Å². The molecule has 16 heavy (non-hydrogen) atoms. The number of carbonyl (C=O) groups excluding carboxylic acids is 1. The van der Waals surface area contributed by atoms with E-state index in [4.69, 9.17) is 16.3 Å². The summed E-state index contributed by atoms with van der Waals surface area (Å²) in [5.41, 5.74) is 1.36. The van der Waals surface area contributed by atoms with Gasteiger partial charge in [0.05, 0.1) is 5.56 Å². The van der Waals surface area contributed by atoms with Gasteiger partial charge in [-0.05, 0) is 25.7 Å². The summed E-state index contributed by atoms with van der Waals surface area (Å²) < 4.78 is 5.14. The molecular weight excluding hydrogens is 226 g/mol. The number of alkyl halides is 1. The molecule has 1 rings (SSSR count). The Kier molecular flexibility index (Phi) is 5.29. The maximum Gasteiger partial charge on any atom is 0.338 e. The van der Waals surface area contributed by atoms with Gasteiger partial charge in [-0.2, -0.15) is 0 Å². The average molecular weight is 242 g/mol. The van der Waals surface area contributed by atoms with Crippen molar-refractivity contribution in [1.29, 1.82) is 0 Å². The highest BCUT2D eigenvalue weighted by atomic mass is 35.5. The molecule has 0 aliphatic carbocycles. The van der Waals surface area contributed by atoms with Crippen LogP contribution in [0.4, 0.5) is 0 Å². The van der Waals surface area contributed by atoms with Crippen LogP contribution in [-0.4, -0.2) is 38.1 Å². The maximum absolute atomic E-state index is 11.7. The number of esters is 1. The first-order valence-corrected chi connectivity index (χ1v) is 5.64. The molecule has 0 radical (unpaired) electrons. The second-order valence-corrected chi connectivity index (χ2v) is 4.00. The highest BCUT2D eigenvalue weighted by Crippen LogP contribution is 2.12. The smallest absolute Gasteiger partial charge is 0.338 e. The molecule has 1 aromatic rings. The zero-order valence-electron chi connectivity index (χ0n) is 9.57. The number of rotatable bonds is 5. The molecule has 0 saturated carbocycles. The van der Waals surface area contributed by atoms with Gasteiger partial charge in [-0.25, -0.2) is 4.79 Å². The van der Waals surface area contributed by atoms with Gasteiger partial charge in [-0.1, -0.05) is 18.2 Å². The Morgan fingerprint density at radius 2 is 2.06 bits per heavy atom. The van der Waals surface area contributed by atoms with Gasteiger partial charge in [0.1, 0.15) is 6.61 Å². The molecule has 4 heteroatoms. The molecule has 88 valence electrons. The molecule has 0 atom stereocenters. The Morgan fingerprint density at radius 1 is 1.38 bits per heavy atom. The molecule has 0 bridgehead atoms. The van der Waals surface area contributed by atoms with E-state index >= 15 is 0 Å². The number of benzene rings is 1. The minimum atomic E-state index is -0.307. The summed E-state index contributed by atoms with van der Waals surface area (Å²) in [7, 11) is 3.86. The normalized spacial score (nSPS) is 10.5. The lowest BCUT2D eigenvalue weighted by molar-refractivity contribution is 0.0481. The van der Waals surface area contributed by atoms with E-state index in [0.29, 0.717) is 18.1 Å². The van der Waals surface area contributed by atoms with E-state index < -0.39 is 0 Å². The number of carbonyl (C=O) groups is 1. The third kappa shape index (κ3) is 3.83. The molecule has 3 nitrogen and oxygen atoms in total. The van der Waals surface area contributed by atoms with E-state index in [2.05, 4.69) is 0 Å². The number of hydrogen-bond acceptors (Lipinski definition) is 3. The van der Waals surface area contributed by atoms with Crippen molar-refractivity contribution in [3.05, 3.63) is 35.4 Å². The van der Waals surface area contributed by atoms with Crippen molar-refractivity contribution in [2.24, 2.45) is 0 Å². The molecule has 0 spiro atoms. The first-order valence-electron chi connectivity index (χ1n) is 5.11. The number of hydrogen-bond donors (Lipinski definition) is 0. The summed E-state index contributed by atoms with van der Waals surface area (Å²) in [6.45, 7) is 1.11. The highest BCUT2D eigenvalue weighted by Gasteiger charge is 2.11. The van der Waals surface area contributed by atoms with E-state index in [-0.39, 0.29) is 5.97 Å². The third-order valence-electron chi connectivity index (χ3n) is 2.15. The molecule has 0 N–H and O–H groups in total. The van der Waals surface area contributed by atoms with Crippen molar-refractivity contribution in [3.8, 4) is 0 Å². The Bertz CT molecular complexity index is 353. The van der Waals surface area contributed by atoms with Crippen molar-refractivity contribution in [2.75, 3.05) is 27.2 Å². The second kappa shape index (κ2) is 6.51. The molecule has 1 aromatic carbocycles. The van der Waals surface area contributed by atoms with Crippen molar-refractivity contribution in [1.82, 2.24) is 4.90 Å². The Labute approximate surface area is 101 Å². The molecule has 0 saturated heterocycles. The lowest BCUT2D eigenvalue weighted by atomic mass is 10.1. The lowest BCUT2D eigenvalue weighted by Gasteiger charge is -2.11. The van der Waals surface area contributed by atoms with Crippen LogP contribution in [0, 0.1) is 0 Å². The molecular formula is C12H16ClNO2. The topological polar surface area (TPSA) is 29.5 Å². The molecule has 0 aliphatic rings. The van der Waals surface area contributed by atoms with Crippen molar-refractivity contribution < 1.29 is 9.53 Å². The predicted octanol–water partition coefficient (Wildman–Crippen LogP) is 2.14. The van der Waals surface area contributed by atoms with Crippen LogP contribution in [0.25, 0.3) is 0 Å². The van der Waals surface area contributed by atoms with Crippen LogP contribution in [0.15, 0.2) is 24.3 Å². The summed E-state index contributed by atoms with van der Waals surface area (Å²) in [5, 5.41) is 0. The Morgan fingerprint density at radius 3 is 2.69 bits per heavy atom. The molecule has 0 heterocycles. The van der Waals surface area contributed by atoms with Crippen LogP contribution in [0.3, 0.4) is 0 Å². The maximum atomic E-state index is 11.7. The van der Waals surface area contributed by atoms with Crippen molar-refractivity contribution in [2.45, 2.75) is 5.88 Å². The summed E-state index contributed by atoms with van der Waals surface area (Å²) in [6, 6.07) is 7.22. The second-order valence-electron chi connectivity index (χ2n) is 3.73. The van der Waals surface area contributed by atoms with Gasteiger partial charge < -0.3 is 9.64 Å². The number of nitrogens with zero attached hydrogens (tertiary/aromatic N) is 1. The summed E-state index contributed by atoms with van der Waals surface area (Å²) in [6.07, 6.45) is 0. The van der Waals surface area contributed by atoms with Crippen LogP contribution >= 0.6 is 11.6 Å². The lowest BCUT2D eigenvalue weighted by Crippen LogP contribution is -2.20. The fourth-order valence-electron chi connectivity index (χ4n) is 1.23. The fourth-order valence-corrected chi connectivity index (χ4v) is 1.47. The van der Waals surface area contributed by atoms with Crippen LogP contribution in [0.5, 0.6) is 0 Å². The van der Waals surface area contributed by atoms with E-state index in [1.54, 1.807) is 12.1 Å². The number of ether oxygens (including phenoxy) is 1. The Balaban J connectivity index is 2.59. The number of likely N-dealkylation sites (N-methyl/N-ethyl adjacent to an activating group) is 1. The van der Waals surface area contributed by atoms with E-state index in [9.17, 15) is 4.79 Å². The standard InChI is InChI=1S/C12H16ClNO2/c1-14(2)7-8-16-12(15)11-6-4-3-5-10(11)9-13/h3-6H,7-9H2,1-2H3. The van der Waals surface area contributed by atoms with Gasteiger partial charge in [0.15, 0.2) is 0 Å². The summed E-state index contributed by atoms with van der Waals surface area (Å²) >= 11 is 5.74. The monoisotopic (exact) mass is 241 g/mol. The van der Waals surface area contributed by atoms with Gasteiger partial charge >= 0.3 is 5.97 Å². The fraction of sp³-hybridized carbons (Fsp3) is 0.417. The minimum Gasteiger partial charge on any atom is -0.461 e. The van der Waals surface area contributed by atoms with Gasteiger partial charge in [0, 0.05) is 12.4 Å². The summed E-state index contributed by atoms with van der Waals surface area (Å²) in [5.74, 6) is 0.0111. The highest BCUT2D eigenvalue weighted by molar-refractivity contribution is 6.17. The summed E-state index contributed by atoms with van der Waals surface area (Å²) in [4.78, 5) is 13.7. The number of halogens is 1. The van der Waals surface area contributed by atoms with Gasteiger partial charge in [0.2, 0.25) is 0 Å². The first-order chi connectivity index (χ1) is 7.65. The van der Waals surface area contributed by atoms with Crippen LogP contribution in [-0.2, 0) is 10.6 Å². The first kappa shape index (κ1) is 13.0. The largest absolute Gasteiger partial charge is 0.461 e. The van der Waals surface area contributed by atoms with Gasteiger partial charge in [0.25, 0.3) is 0 Å². The zero-order chi connectivity index (χ0) is 12.0. The zero-order valence-corrected chi connectivity index (χ0v) is 10.3. The average Bonchev–Trinajstić information content (AvgIpc) is 2.28.